The summed E-state index contributed by atoms with van der Waals surface area (Å²) >= 11 is 1.47. The van der Waals surface area contributed by atoms with Gasteiger partial charge < -0.3 is 15.1 Å². The number of amides is 1. The fourth-order valence-electron chi connectivity index (χ4n) is 4.80. The summed E-state index contributed by atoms with van der Waals surface area (Å²) in [7, 11) is 0. The minimum atomic E-state index is -4.47. The van der Waals surface area contributed by atoms with Gasteiger partial charge in [0.1, 0.15) is 5.69 Å². The Morgan fingerprint density at radius 3 is 2.56 bits per heavy atom. The van der Waals surface area contributed by atoms with Crippen LogP contribution in [-0.2, 0) is 6.18 Å². The molecule has 0 unspecified atom stereocenters. The number of hydrogen-bond acceptors (Lipinski definition) is 5. The third-order valence-electron chi connectivity index (χ3n) is 6.79. The summed E-state index contributed by atoms with van der Waals surface area (Å²) in [5.41, 5.74) is 0.326. The quantitative estimate of drug-likeness (QED) is 0.433. The van der Waals surface area contributed by atoms with E-state index in [-0.39, 0.29) is 11.4 Å². The number of rotatable bonds is 8. The van der Waals surface area contributed by atoms with Crippen LogP contribution in [0, 0.1) is 0 Å². The molecule has 1 aromatic heterocycles. The van der Waals surface area contributed by atoms with E-state index < -0.39 is 17.6 Å². The van der Waals surface area contributed by atoms with Gasteiger partial charge in [-0.2, -0.15) is 13.2 Å². The first-order chi connectivity index (χ1) is 16.3. The molecule has 2 aliphatic rings. The zero-order valence-electron chi connectivity index (χ0n) is 19.7. The van der Waals surface area contributed by atoms with Gasteiger partial charge in [-0.1, -0.05) is 19.8 Å². The van der Waals surface area contributed by atoms with Gasteiger partial charge in [-0.3, -0.25) is 4.79 Å². The van der Waals surface area contributed by atoms with E-state index in [9.17, 15) is 18.0 Å². The molecule has 2 aliphatic heterocycles. The molecule has 0 aliphatic carbocycles. The summed E-state index contributed by atoms with van der Waals surface area (Å²) in [6.07, 6.45) is 3.26. The van der Waals surface area contributed by atoms with Gasteiger partial charge in [0.25, 0.3) is 5.91 Å². The van der Waals surface area contributed by atoms with Crippen LogP contribution in [0.4, 0.5) is 24.5 Å². The first kappa shape index (κ1) is 25.0. The van der Waals surface area contributed by atoms with Crippen molar-refractivity contribution in [1.82, 2.24) is 9.88 Å². The summed E-state index contributed by atoms with van der Waals surface area (Å²) in [4.78, 5) is 22.1. The van der Waals surface area contributed by atoms with Crippen molar-refractivity contribution in [2.75, 3.05) is 42.9 Å². The average Bonchev–Trinajstić information content (AvgIpc) is 3.52. The Morgan fingerprint density at radius 2 is 1.88 bits per heavy atom. The van der Waals surface area contributed by atoms with Crippen LogP contribution in [0.15, 0.2) is 23.6 Å². The zero-order chi connectivity index (χ0) is 24.1. The number of nitrogens with one attached hydrogen (secondary N) is 1. The van der Waals surface area contributed by atoms with Crippen molar-refractivity contribution in [3.63, 3.8) is 0 Å². The van der Waals surface area contributed by atoms with Crippen LogP contribution in [0.5, 0.6) is 0 Å². The fraction of sp³-hybridized carbons (Fsp3) is 0.600. The number of anilines is 2. The maximum atomic E-state index is 13.3. The second-order valence-electron chi connectivity index (χ2n) is 9.27. The van der Waals surface area contributed by atoms with Gasteiger partial charge in [0.15, 0.2) is 0 Å². The van der Waals surface area contributed by atoms with Crippen LogP contribution in [0.25, 0.3) is 0 Å². The number of piperidine rings is 1. The standard InChI is InChI=1S/C25H33F3N4OS/c1-2-3-4-11-31-14-9-18(10-15-31)24-30-21(17-34-24)23(33)29-20-16-19(25(26,27)28)7-8-22(20)32-12-5-6-13-32/h7-8,16-18H,2-6,9-15H2,1H3,(H,29,33). The first-order valence-corrected chi connectivity index (χ1v) is 13.2. The zero-order valence-corrected chi connectivity index (χ0v) is 20.5. The third kappa shape index (κ3) is 6.10. The summed E-state index contributed by atoms with van der Waals surface area (Å²) in [5.74, 6) is -0.123. The second-order valence-corrected chi connectivity index (χ2v) is 10.2. The maximum absolute atomic E-state index is 13.3. The Labute approximate surface area is 203 Å². The largest absolute Gasteiger partial charge is 0.416 e. The highest BCUT2D eigenvalue weighted by atomic mass is 32.1. The topological polar surface area (TPSA) is 48.5 Å². The van der Waals surface area contributed by atoms with Gasteiger partial charge in [0.05, 0.1) is 21.9 Å². The van der Waals surface area contributed by atoms with Crippen molar-refractivity contribution >= 4 is 28.6 Å². The SMILES string of the molecule is CCCCCN1CCC(c2nc(C(=O)Nc3cc(C(F)(F)F)ccc3N3CCCC3)cs2)CC1. The molecule has 0 saturated carbocycles. The molecule has 4 rings (SSSR count). The lowest BCUT2D eigenvalue weighted by Gasteiger charge is -2.30. The van der Waals surface area contributed by atoms with E-state index in [4.69, 9.17) is 0 Å². The second kappa shape index (κ2) is 11.1. The molecule has 2 aromatic rings. The van der Waals surface area contributed by atoms with Crippen LogP contribution in [-0.4, -0.2) is 48.5 Å². The summed E-state index contributed by atoms with van der Waals surface area (Å²) in [6, 6.07) is 3.58. The Bertz CT molecular complexity index is 963. The number of unbranched alkanes of at least 4 members (excludes halogenated alkanes) is 2. The van der Waals surface area contributed by atoms with Crippen molar-refractivity contribution in [2.45, 2.75) is 64.0 Å². The fourth-order valence-corrected chi connectivity index (χ4v) is 5.77. The average molecular weight is 495 g/mol. The highest BCUT2D eigenvalue weighted by Crippen LogP contribution is 2.37. The van der Waals surface area contributed by atoms with Crippen LogP contribution in [0.1, 0.15) is 78.8 Å². The Kier molecular flexibility index (Phi) is 8.14. The van der Waals surface area contributed by atoms with E-state index >= 15 is 0 Å². The number of alkyl halides is 3. The maximum Gasteiger partial charge on any atom is 0.416 e. The number of aromatic nitrogens is 1. The van der Waals surface area contributed by atoms with Crippen molar-refractivity contribution in [1.29, 1.82) is 0 Å². The Hall–Kier alpha value is -2.13. The highest BCUT2D eigenvalue weighted by molar-refractivity contribution is 7.10. The first-order valence-electron chi connectivity index (χ1n) is 12.3. The molecule has 1 amide bonds. The van der Waals surface area contributed by atoms with Crippen molar-refractivity contribution in [2.24, 2.45) is 0 Å². The van der Waals surface area contributed by atoms with Gasteiger partial charge in [-0.05, 0) is 69.9 Å². The number of hydrogen-bond donors (Lipinski definition) is 1. The van der Waals surface area contributed by atoms with Gasteiger partial charge in [-0.25, -0.2) is 4.98 Å². The molecular weight excluding hydrogens is 461 g/mol. The third-order valence-corrected chi connectivity index (χ3v) is 7.80. The molecule has 5 nitrogen and oxygen atoms in total. The van der Waals surface area contributed by atoms with Gasteiger partial charge in [0, 0.05) is 24.4 Å². The predicted octanol–water partition coefficient (Wildman–Crippen LogP) is 6.38. The van der Waals surface area contributed by atoms with Crippen LogP contribution >= 0.6 is 11.3 Å². The minimum Gasteiger partial charge on any atom is -0.370 e. The lowest BCUT2D eigenvalue weighted by atomic mass is 9.97. The number of thiazole rings is 1. The molecular formula is C25H33F3N4OS. The Morgan fingerprint density at radius 1 is 1.15 bits per heavy atom. The summed E-state index contributed by atoms with van der Waals surface area (Å²) < 4.78 is 40.0. The van der Waals surface area contributed by atoms with E-state index in [0.29, 0.717) is 11.6 Å². The highest BCUT2D eigenvalue weighted by Gasteiger charge is 2.32. The van der Waals surface area contributed by atoms with E-state index in [2.05, 4.69) is 22.1 Å². The van der Waals surface area contributed by atoms with Gasteiger partial charge in [-0.15, -0.1) is 11.3 Å². The van der Waals surface area contributed by atoms with E-state index in [0.717, 1.165) is 75.5 Å². The number of benzene rings is 1. The number of nitrogens with zero attached hydrogens (tertiary/aromatic N) is 3. The lowest BCUT2D eigenvalue weighted by Crippen LogP contribution is -2.33. The minimum absolute atomic E-state index is 0.191. The van der Waals surface area contributed by atoms with Gasteiger partial charge >= 0.3 is 6.18 Å². The molecule has 0 atom stereocenters. The van der Waals surface area contributed by atoms with Gasteiger partial charge in [0.2, 0.25) is 0 Å². The molecule has 2 fully saturated rings. The molecule has 2 saturated heterocycles. The summed E-state index contributed by atoms with van der Waals surface area (Å²) in [6.45, 7) is 6.97. The van der Waals surface area contributed by atoms with E-state index in [1.54, 1.807) is 5.38 Å². The van der Waals surface area contributed by atoms with Crippen molar-refractivity contribution < 1.29 is 18.0 Å². The number of carbonyl (C=O) groups is 1. The molecule has 34 heavy (non-hydrogen) atoms. The van der Waals surface area contributed by atoms with Crippen LogP contribution in [0.3, 0.4) is 0 Å². The smallest absolute Gasteiger partial charge is 0.370 e. The van der Waals surface area contributed by atoms with Crippen molar-refractivity contribution in [3.05, 3.63) is 39.8 Å². The molecule has 186 valence electrons. The normalized spacial score (nSPS) is 17.9. The van der Waals surface area contributed by atoms with Crippen LogP contribution < -0.4 is 10.2 Å². The number of likely N-dealkylation sites (tertiary alicyclic amines) is 1. The molecule has 9 heteroatoms. The number of carbonyl (C=O) groups excluding carboxylic acids is 1. The predicted molar refractivity (Wildman–Crippen MR) is 131 cm³/mol. The molecule has 1 aromatic carbocycles. The van der Waals surface area contributed by atoms with Crippen molar-refractivity contribution in [3.8, 4) is 0 Å². The molecule has 3 heterocycles. The van der Waals surface area contributed by atoms with E-state index in [1.165, 1.54) is 36.7 Å². The Balaban J connectivity index is 1.43. The molecule has 0 radical (unpaired) electrons. The molecule has 0 spiro atoms. The monoisotopic (exact) mass is 494 g/mol. The summed E-state index contributed by atoms with van der Waals surface area (Å²) in [5, 5.41) is 5.39. The number of halogens is 3. The molecule has 1 N–H and O–H groups in total. The van der Waals surface area contributed by atoms with Crippen LogP contribution in [0.2, 0.25) is 0 Å². The van der Waals surface area contributed by atoms with E-state index in [1.807, 2.05) is 4.90 Å². The molecule has 0 bridgehead atoms. The lowest BCUT2D eigenvalue weighted by molar-refractivity contribution is -0.137.